The van der Waals surface area contributed by atoms with Gasteiger partial charge in [-0.3, -0.25) is 24.1 Å². The van der Waals surface area contributed by atoms with Gasteiger partial charge >= 0.3 is 0 Å². The van der Waals surface area contributed by atoms with Crippen LogP contribution in [-0.4, -0.2) is 20.4 Å². The summed E-state index contributed by atoms with van der Waals surface area (Å²) in [5.41, 5.74) is 3.74. The molecule has 4 aromatic rings. The lowest BCUT2D eigenvalue weighted by molar-refractivity contribution is 0.0950. The van der Waals surface area contributed by atoms with E-state index in [-0.39, 0.29) is 18.0 Å². The van der Waals surface area contributed by atoms with E-state index in [1.165, 1.54) is 41.1 Å². The molecule has 0 atom stereocenters. The van der Waals surface area contributed by atoms with E-state index < -0.39 is 11.4 Å². The molecule has 0 fully saturated rings. The lowest BCUT2D eigenvalue weighted by atomic mass is 10.1. The maximum atomic E-state index is 13.4. The molecule has 6 nitrogen and oxygen atoms in total. The molecule has 3 heterocycles. The second kappa shape index (κ2) is 8.71. The molecule has 0 aliphatic heterocycles. The fourth-order valence-corrected chi connectivity index (χ4v) is 3.15. The van der Waals surface area contributed by atoms with Gasteiger partial charge in [-0.15, -0.1) is 0 Å². The first-order valence-corrected chi connectivity index (χ1v) is 9.64. The molecule has 154 valence electrons. The Morgan fingerprint density at radius 1 is 1.06 bits per heavy atom. The number of amides is 1. The molecule has 0 saturated heterocycles. The highest BCUT2D eigenvalue weighted by Crippen LogP contribution is 2.17. The molecule has 3 aromatic heterocycles. The molecule has 0 spiro atoms. The van der Waals surface area contributed by atoms with Crippen LogP contribution >= 0.6 is 0 Å². The van der Waals surface area contributed by atoms with Gasteiger partial charge in [0, 0.05) is 48.0 Å². The predicted octanol–water partition coefficient (Wildman–Crippen LogP) is 3.67. The van der Waals surface area contributed by atoms with E-state index in [4.69, 9.17) is 0 Å². The molecule has 4 rings (SSSR count). The Kier molecular flexibility index (Phi) is 5.66. The number of carbonyl (C=O) groups is 1. The average Bonchev–Trinajstić information content (AvgIpc) is 2.77. The van der Waals surface area contributed by atoms with Crippen LogP contribution in [-0.2, 0) is 6.54 Å². The van der Waals surface area contributed by atoms with Crippen molar-refractivity contribution in [2.24, 2.45) is 0 Å². The van der Waals surface area contributed by atoms with E-state index in [0.717, 1.165) is 22.5 Å². The second-order valence-electron chi connectivity index (χ2n) is 7.02. The molecule has 31 heavy (non-hydrogen) atoms. The minimum Gasteiger partial charge on any atom is -0.348 e. The molecular weight excluding hydrogens is 395 g/mol. The summed E-state index contributed by atoms with van der Waals surface area (Å²) in [5.74, 6) is -0.817. The van der Waals surface area contributed by atoms with Crippen LogP contribution in [0.2, 0.25) is 0 Å². The summed E-state index contributed by atoms with van der Waals surface area (Å²) in [5, 5.41) is 2.78. The number of hydrogen-bond acceptors (Lipinski definition) is 4. The van der Waals surface area contributed by atoms with Crippen LogP contribution in [0.1, 0.15) is 21.6 Å². The van der Waals surface area contributed by atoms with E-state index in [1.54, 1.807) is 18.5 Å². The van der Waals surface area contributed by atoms with Gasteiger partial charge in [0.1, 0.15) is 5.82 Å². The van der Waals surface area contributed by atoms with Gasteiger partial charge in [-0.1, -0.05) is 12.1 Å². The highest BCUT2D eigenvalue weighted by atomic mass is 19.1. The van der Waals surface area contributed by atoms with Crippen molar-refractivity contribution in [3.63, 3.8) is 0 Å². The lowest BCUT2D eigenvalue weighted by Crippen LogP contribution is -2.26. The van der Waals surface area contributed by atoms with Crippen LogP contribution in [0.3, 0.4) is 0 Å². The number of aryl methyl sites for hydroxylation is 1. The Hall–Kier alpha value is -4.13. The smallest absolute Gasteiger partial charge is 0.255 e. The molecule has 0 aliphatic carbocycles. The minimum absolute atomic E-state index is 0.231. The Morgan fingerprint density at radius 2 is 1.94 bits per heavy atom. The quantitative estimate of drug-likeness (QED) is 0.541. The van der Waals surface area contributed by atoms with Gasteiger partial charge in [0.2, 0.25) is 0 Å². The summed E-state index contributed by atoms with van der Waals surface area (Å²) in [7, 11) is 0. The Morgan fingerprint density at radius 3 is 2.65 bits per heavy atom. The van der Waals surface area contributed by atoms with Crippen molar-refractivity contribution < 1.29 is 9.18 Å². The lowest BCUT2D eigenvalue weighted by Gasteiger charge is -2.09. The monoisotopic (exact) mass is 414 g/mol. The molecule has 1 N–H and O–H groups in total. The zero-order valence-electron chi connectivity index (χ0n) is 16.7. The molecule has 0 saturated carbocycles. The Bertz CT molecular complexity index is 1300. The van der Waals surface area contributed by atoms with Crippen LogP contribution < -0.4 is 10.9 Å². The van der Waals surface area contributed by atoms with E-state index >= 15 is 0 Å². The van der Waals surface area contributed by atoms with Crippen molar-refractivity contribution in [2.45, 2.75) is 13.5 Å². The number of pyridine rings is 3. The maximum Gasteiger partial charge on any atom is 0.255 e. The number of halogens is 1. The van der Waals surface area contributed by atoms with E-state index in [1.807, 2.05) is 31.2 Å². The third-order valence-corrected chi connectivity index (χ3v) is 4.74. The van der Waals surface area contributed by atoms with Crippen LogP contribution in [0.25, 0.3) is 16.9 Å². The molecule has 0 bridgehead atoms. The molecule has 0 radical (unpaired) electrons. The third-order valence-electron chi connectivity index (χ3n) is 4.74. The van der Waals surface area contributed by atoms with E-state index in [2.05, 4.69) is 15.3 Å². The van der Waals surface area contributed by atoms with Gasteiger partial charge in [-0.05, 0) is 55.0 Å². The highest BCUT2D eigenvalue weighted by molar-refractivity contribution is 5.93. The number of hydrogen-bond donors (Lipinski definition) is 1. The zero-order chi connectivity index (χ0) is 21.8. The highest BCUT2D eigenvalue weighted by Gasteiger charge is 2.09. The fourth-order valence-electron chi connectivity index (χ4n) is 3.15. The van der Waals surface area contributed by atoms with E-state index in [0.29, 0.717) is 5.69 Å². The standard InChI is InChI=1S/C24H19FN4O2/c1-16-11-18(7-9-26-16)22-6-5-17(14-27-22)15-28-24(31)19-8-10-29(23(30)12-19)21-4-2-3-20(25)13-21/h2-14H,15H2,1H3,(H,28,31). The van der Waals surface area contributed by atoms with E-state index in [9.17, 15) is 14.0 Å². The maximum absolute atomic E-state index is 13.4. The third kappa shape index (κ3) is 4.72. The molecule has 0 unspecified atom stereocenters. The summed E-state index contributed by atoms with van der Waals surface area (Å²) in [4.78, 5) is 33.4. The van der Waals surface area contributed by atoms with Gasteiger partial charge < -0.3 is 5.32 Å². The van der Waals surface area contributed by atoms with Gasteiger partial charge in [0.05, 0.1) is 11.4 Å². The molecule has 0 aliphatic rings. The van der Waals surface area contributed by atoms with Gasteiger partial charge in [0.25, 0.3) is 11.5 Å². The van der Waals surface area contributed by atoms with Crippen molar-refractivity contribution in [3.8, 4) is 16.9 Å². The summed E-state index contributed by atoms with van der Waals surface area (Å²) in [6, 6.07) is 16.1. The Balaban J connectivity index is 1.43. The van der Waals surface area contributed by atoms with Crippen LogP contribution in [0.4, 0.5) is 4.39 Å². The molecule has 7 heteroatoms. The summed E-state index contributed by atoms with van der Waals surface area (Å²) in [6.45, 7) is 2.19. The molecule has 1 aromatic carbocycles. The summed E-state index contributed by atoms with van der Waals surface area (Å²) < 4.78 is 14.7. The first kappa shape index (κ1) is 20.2. The fraction of sp³-hybridized carbons (Fsp3) is 0.0833. The number of nitrogens with zero attached hydrogens (tertiary/aromatic N) is 3. The van der Waals surface area contributed by atoms with Crippen LogP contribution in [0.15, 0.2) is 84.0 Å². The van der Waals surface area contributed by atoms with Crippen molar-refractivity contribution in [1.29, 1.82) is 0 Å². The number of rotatable bonds is 5. The second-order valence-corrected chi connectivity index (χ2v) is 7.02. The minimum atomic E-state index is -0.440. The van der Waals surface area contributed by atoms with Crippen LogP contribution in [0.5, 0.6) is 0 Å². The van der Waals surface area contributed by atoms with Gasteiger partial charge in [-0.2, -0.15) is 0 Å². The van der Waals surface area contributed by atoms with Crippen LogP contribution in [0, 0.1) is 12.7 Å². The first-order chi connectivity index (χ1) is 15.0. The molecular formula is C24H19FN4O2. The van der Waals surface area contributed by atoms with Crippen molar-refractivity contribution >= 4 is 5.91 Å². The SMILES string of the molecule is Cc1cc(-c2ccc(CNC(=O)c3ccn(-c4cccc(F)c4)c(=O)c3)cn2)ccn1. The summed E-state index contributed by atoms with van der Waals surface area (Å²) >= 11 is 0. The van der Waals surface area contributed by atoms with Crippen molar-refractivity contribution in [3.05, 3.63) is 112 Å². The van der Waals surface area contributed by atoms with Crippen molar-refractivity contribution in [2.75, 3.05) is 0 Å². The topological polar surface area (TPSA) is 76.9 Å². The molecule has 1 amide bonds. The van der Waals surface area contributed by atoms with Crippen molar-refractivity contribution in [1.82, 2.24) is 19.9 Å². The number of nitrogens with one attached hydrogen (secondary N) is 1. The number of benzene rings is 1. The van der Waals surface area contributed by atoms with Gasteiger partial charge in [-0.25, -0.2) is 4.39 Å². The predicted molar refractivity (Wildman–Crippen MR) is 115 cm³/mol. The van der Waals surface area contributed by atoms with Gasteiger partial charge in [0.15, 0.2) is 0 Å². The zero-order valence-corrected chi connectivity index (χ0v) is 16.7. The number of aromatic nitrogens is 3. The average molecular weight is 414 g/mol. The normalized spacial score (nSPS) is 10.6. The first-order valence-electron chi connectivity index (χ1n) is 9.64. The number of carbonyl (C=O) groups excluding carboxylic acids is 1. The Labute approximate surface area is 178 Å². The summed E-state index contributed by atoms with van der Waals surface area (Å²) in [6.07, 6.45) is 4.90. The largest absolute Gasteiger partial charge is 0.348 e.